The highest BCUT2D eigenvalue weighted by Gasteiger charge is 2.29. The summed E-state index contributed by atoms with van der Waals surface area (Å²) in [5.41, 5.74) is 0.437. The Kier molecular flexibility index (Phi) is 4.52. The average molecular weight is 380 g/mol. The zero-order valence-electron chi connectivity index (χ0n) is 12.5. The second-order valence-corrected chi connectivity index (χ2v) is 6.21. The Morgan fingerprint density at radius 2 is 2.04 bits per heavy atom. The molecule has 1 heterocycles. The second-order valence-electron chi connectivity index (χ2n) is 5.29. The fourth-order valence-electron chi connectivity index (χ4n) is 2.38. The van der Waals surface area contributed by atoms with Crippen LogP contribution in [0.15, 0.2) is 46.9 Å². The van der Waals surface area contributed by atoms with E-state index in [1.54, 1.807) is 31.3 Å². The predicted octanol–water partition coefficient (Wildman–Crippen LogP) is 3.39. The van der Waals surface area contributed by atoms with Gasteiger partial charge < -0.3 is 14.4 Å². The smallest absolute Gasteiger partial charge is 0.267 e. The van der Waals surface area contributed by atoms with Crippen LogP contribution in [0.4, 0.5) is 4.39 Å². The quantitative estimate of drug-likeness (QED) is 0.820. The number of likely N-dealkylation sites (N-methyl/N-ethyl adjacent to an activating group) is 1. The minimum atomic E-state index is -0.731. The van der Waals surface area contributed by atoms with Crippen LogP contribution in [0.25, 0.3) is 0 Å². The maximum atomic E-state index is 13.8. The molecular weight excluding hydrogens is 365 g/mol. The summed E-state index contributed by atoms with van der Waals surface area (Å²) in [5, 5.41) is 0. The van der Waals surface area contributed by atoms with Gasteiger partial charge in [-0.05, 0) is 30.3 Å². The molecule has 0 radical (unpaired) electrons. The number of hydrogen-bond donors (Lipinski definition) is 0. The number of ether oxygens (including phenoxy) is 2. The maximum Gasteiger partial charge on any atom is 0.267 e. The summed E-state index contributed by atoms with van der Waals surface area (Å²) in [6, 6.07) is 11.8. The minimum absolute atomic E-state index is 0.140. The van der Waals surface area contributed by atoms with Crippen molar-refractivity contribution in [2.24, 2.45) is 0 Å². The molecule has 0 saturated heterocycles. The van der Waals surface area contributed by atoms with E-state index >= 15 is 0 Å². The molecule has 0 bridgehead atoms. The van der Waals surface area contributed by atoms with Crippen molar-refractivity contribution in [3.8, 4) is 11.5 Å². The van der Waals surface area contributed by atoms with E-state index < -0.39 is 6.10 Å². The molecule has 0 aliphatic carbocycles. The summed E-state index contributed by atoms with van der Waals surface area (Å²) in [4.78, 5) is 13.9. The lowest BCUT2D eigenvalue weighted by atomic mass is 10.2. The summed E-state index contributed by atoms with van der Waals surface area (Å²) < 4.78 is 25.8. The largest absolute Gasteiger partial charge is 0.485 e. The van der Waals surface area contributed by atoms with Gasteiger partial charge in [0.15, 0.2) is 11.5 Å². The lowest BCUT2D eigenvalue weighted by Gasteiger charge is -2.29. The zero-order chi connectivity index (χ0) is 16.4. The van der Waals surface area contributed by atoms with Gasteiger partial charge in [-0.1, -0.05) is 28.1 Å². The molecule has 120 valence electrons. The first kappa shape index (κ1) is 15.8. The average Bonchev–Trinajstić information content (AvgIpc) is 2.57. The van der Waals surface area contributed by atoms with Crippen LogP contribution in [0.3, 0.4) is 0 Å². The summed E-state index contributed by atoms with van der Waals surface area (Å²) >= 11 is 3.30. The van der Waals surface area contributed by atoms with Crippen molar-refractivity contribution in [1.29, 1.82) is 0 Å². The maximum absolute atomic E-state index is 13.8. The number of halogens is 2. The van der Waals surface area contributed by atoms with E-state index in [4.69, 9.17) is 9.47 Å². The first-order valence-corrected chi connectivity index (χ1v) is 7.91. The van der Waals surface area contributed by atoms with Crippen molar-refractivity contribution >= 4 is 21.8 Å². The molecule has 0 fully saturated rings. The highest BCUT2D eigenvalue weighted by molar-refractivity contribution is 9.10. The van der Waals surface area contributed by atoms with Gasteiger partial charge in [0.1, 0.15) is 12.4 Å². The molecule has 1 aliphatic rings. The molecule has 1 aliphatic heterocycles. The van der Waals surface area contributed by atoms with E-state index in [0.29, 0.717) is 17.1 Å². The van der Waals surface area contributed by atoms with Crippen molar-refractivity contribution in [2.75, 3.05) is 13.7 Å². The third kappa shape index (κ3) is 3.47. The van der Waals surface area contributed by atoms with Gasteiger partial charge >= 0.3 is 0 Å². The van der Waals surface area contributed by atoms with Crippen molar-refractivity contribution in [2.45, 2.75) is 12.6 Å². The van der Waals surface area contributed by atoms with E-state index in [2.05, 4.69) is 15.9 Å². The number of para-hydroxylation sites is 2. The van der Waals surface area contributed by atoms with Crippen LogP contribution in [0, 0.1) is 5.82 Å². The molecule has 23 heavy (non-hydrogen) atoms. The SMILES string of the molecule is CN(Cc1cc(Br)ccc1F)C(=O)C1COc2ccccc2O1. The third-order valence-electron chi connectivity index (χ3n) is 3.58. The normalized spacial score (nSPS) is 16.0. The van der Waals surface area contributed by atoms with Gasteiger partial charge in [0.25, 0.3) is 5.91 Å². The standard InChI is InChI=1S/C17H15BrFNO3/c1-20(9-11-8-12(18)6-7-13(11)19)17(21)16-10-22-14-4-2-3-5-15(14)23-16/h2-8,16H,9-10H2,1H3. The van der Waals surface area contributed by atoms with Gasteiger partial charge in [-0.25, -0.2) is 4.39 Å². The monoisotopic (exact) mass is 379 g/mol. The number of amides is 1. The summed E-state index contributed by atoms with van der Waals surface area (Å²) in [6.45, 7) is 0.298. The van der Waals surface area contributed by atoms with E-state index in [1.807, 2.05) is 12.1 Å². The van der Waals surface area contributed by atoms with Gasteiger partial charge in [-0.3, -0.25) is 4.79 Å². The molecule has 1 atom stereocenters. The van der Waals surface area contributed by atoms with Crippen molar-refractivity contribution in [3.63, 3.8) is 0 Å². The van der Waals surface area contributed by atoms with Gasteiger partial charge in [0.2, 0.25) is 6.10 Å². The van der Waals surface area contributed by atoms with Gasteiger partial charge in [-0.2, -0.15) is 0 Å². The van der Waals surface area contributed by atoms with Crippen LogP contribution < -0.4 is 9.47 Å². The van der Waals surface area contributed by atoms with E-state index in [0.717, 1.165) is 4.47 Å². The van der Waals surface area contributed by atoms with E-state index in [-0.39, 0.29) is 24.9 Å². The zero-order valence-corrected chi connectivity index (χ0v) is 14.0. The first-order valence-electron chi connectivity index (χ1n) is 7.12. The van der Waals surface area contributed by atoms with Crippen molar-refractivity contribution < 1.29 is 18.7 Å². The van der Waals surface area contributed by atoms with Crippen LogP contribution in [-0.2, 0) is 11.3 Å². The molecule has 1 unspecified atom stereocenters. The molecule has 0 spiro atoms. The van der Waals surface area contributed by atoms with E-state index in [9.17, 15) is 9.18 Å². The van der Waals surface area contributed by atoms with E-state index in [1.165, 1.54) is 11.0 Å². The van der Waals surface area contributed by atoms with Crippen LogP contribution in [-0.4, -0.2) is 30.6 Å². The molecule has 0 aromatic heterocycles. The lowest BCUT2D eigenvalue weighted by Crippen LogP contribution is -2.44. The Hall–Kier alpha value is -2.08. The predicted molar refractivity (Wildman–Crippen MR) is 86.9 cm³/mol. The fraction of sp³-hybridized carbons (Fsp3) is 0.235. The number of hydrogen-bond acceptors (Lipinski definition) is 3. The van der Waals surface area contributed by atoms with Gasteiger partial charge in [0, 0.05) is 23.6 Å². The Bertz CT molecular complexity index is 738. The molecule has 3 rings (SSSR count). The molecule has 2 aromatic carbocycles. The topological polar surface area (TPSA) is 38.8 Å². The number of fused-ring (bicyclic) bond motifs is 1. The molecule has 0 saturated carbocycles. The summed E-state index contributed by atoms with van der Waals surface area (Å²) in [5.74, 6) is 0.564. The third-order valence-corrected chi connectivity index (χ3v) is 4.07. The number of benzene rings is 2. The molecular formula is C17H15BrFNO3. The van der Waals surface area contributed by atoms with Gasteiger partial charge in [0.05, 0.1) is 0 Å². The number of rotatable bonds is 3. The lowest BCUT2D eigenvalue weighted by molar-refractivity contribution is -0.140. The summed E-state index contributed by atoms with van der Waals surface area (Å²) in [7, 11) is 1.62. The number of nitrogens with zero attached hydrogens (tertiary/aromatic N) is 1. The first-order chi connectivity index (χ1) is 11.0. The highest BCUT2D eigenvalue weighted by Crippen LogP contribution is 2.31. The molecule has 4 nitrogen and oxygen atoms in total. The van der Waals surface area contributed by atoms with Crippen LogP contribution >= 0.6 is 15.9 Å². The molecule has 0 N–H and O–H groups in total. The Morgan fingerprint density at radius 3 is 2.83 bits per heavy atom. The minimum Gasteiger partial charge on any atom is -0.485 e. The molecule has 6 heteroatoms. The second kappa shape index (κ2) is 6.58. The van der Waals surface area contributed by atoms with Gasteiger partial charge in [-0.15, -0.1) is 0 Å². The highest BCUT2D eigenvalue weighted by atomic mass is 79.9. The Labute approximate surface area is 141 Å². The van der Waals surface area contributed by atoms with Crippen LogP contribution in [0.2, 0.25) is 0 Å². The fourth-order valence-corrected chi connectivity index (χ4v) is 2.79. The van der Waals surface area contributed by atoms with Crippen LogP contribution in [0.5, 0.6) is 11.5 Å². The molecule has 1 amide bonds. The van der Waals surface area contributed by atoms with Crippen LogP contribution in [0.1, 0.15) is 5.56 Å². The molecule has 2 aromatic rings. The number of carbonyl (C=O) groups is 1. The number of carbonyl (C=O) groups excluding carboxylic acids is 1. The van der Waals surface area contributed by atoms with Crippen molar-refractivity contribution in [3.05, 3.63) is 58.3 Å². The van der Waals surface area contributed by atoms with Crippen molar-refractivity contribution in [1.82, 2.24) is 4.90 Å². The Morgan fingerprint density at radius 1 is 1.30 bits per heavy atom. The Balaban J connectivity index is 1.70. The summed E-state index contributed by atoms with van der Waals surface area (Å²) in [6.07, 6.45) is -0.731.